The van der Waals surface area contributed by atoms with Gasteiger partial charge in [-0.2, -0.15) is 5.10 Å². The molecule has 2 amide bonds. The van der Waals surface area contributed by atoms with Gasteiger partial charge in [0, 0.05) is 37.8 Å². The van der Waals surface area contributed by atoms with Gasteiger partial charge in [-0.05, 0) is 94.4 Å². The van der Waals surface area contributed by atoms with Crippen LogP contribution in [-0.2, 0) is 19.1 Å². The van der Waals surface area contributed by atoms with E-state index in [9.17, 15) is 29.1 Å². The summed E-state index contributed by atoms with van der Waals surface area (Å²) in [6.07, 6.45) is 14.2. The first-order valence-corrected chi connectivity index (χ1v) is 19.2. The number of nitrogens with zero attached hydrogens (tertiary/aromatic N) is 7. The van der Waals surface area contributed by atoms with Crippen LogP contribution in [-0.4, -0.2) is 87.7 Å². The quantitative estimate of drug-likeness (QED) is 0.247. The van der Waals surface area contributed by atoms with Gasteiger partial charge >= 0.3 is 12.1 Å². The van der Waals surface area contributed by atoms with E-state index in [4.69, 9.17) is 4.74 Å². The predicted molar refractivity (Wildman–Crippen MR) is 193 cm³/mol. The highest BCUT2D eigenvalue weighted by Gasteiger charge is 2.61. The molecule has 0 unspecified atom stereocenters. The molecule has 3 aromatic rings. The smallest absolute Gasteiger partial charge is 0.408 e. The molecule has 6 rings (SSSR count). The number of nitrogens with one attached hydrogen (secondary N) is 1. The number of allylic oxidation sites excluding steroid dienone is 2. The van der Waals surface area contributed by atoms with Crippen LogP contribution in [0.2, 0.25) is 0 Å². The molecule has 0 spiro atoms. The van der Waals surface area contributed by atoms with Crippen LogP contribution < -0.4 is 10.9 Å². The lowest BCUT2D eigenvalue weighted by molar-refractivity contribution is -0.147. The van der Waals surface area contributed by atoms with E-state index in [1.54, 1.807) is 57.7 Å². The van der Waals surface area contributed by atoms with Crippen molar-refractivity contribution < 1.29 is 29.0 Å². The second-order valence-electron chi connectivity index (χ2n) is 14.4. The Morgan fingerprint density at radius 1 is 0.981 bits per heavy atom. The molecule has 17 heteroatoms. The van der Waals surface area contributed by atoms with Crippen LogP contribution in [0, 0.1) is 11.3 Å². The van der Waals surface area contributed by atoms with E-state index < -0.39 is 58.5 Å². The van der Waals surface area contributed by atoms with Crippen molar-refractivity contribution in [2.45, 2.75) is 116 Å². The molecule has 0 bridgehead atoms. The zero-order valence-corrected chi connectivity index (χ0v) is 31.3. The highest BCUT2D eigenvalue weighted by Crippen LogP contribution is 2.57. The Labute approximate surface area is 314 Å². The van der Waals surface area contributed by atoms with Crippen LogP contribution >= 0.6 is 23.5 Å². The molecule has 3 aliphatic rings. The topological polar surface area (TPSA) is 199 Å². The molecule has 2 fully saturated rings. The Kier molecular flexibility index (Phi) is 11.6. The summed E-state index contributed by atoms with van der Waals surface area (Å²) < 4.78 is 6.75. The number of carboxylic acids is 1. The van der Waals surface area contributed by atoms with Crippen molar-refractivity contribution in [1.82, 2.24) is 39.9 Å². The van der Waals surface area contributed by atoms with Gasteiger partial charge in [-0.1, -0.05) is 25.0 Å². The molecule has 5 heterocycles. The molecular formula is C36H42N8O7S2. The van der Waals surface area contributed by atoms with Gasteiger partial charge in [0.25, 0.3) is 5.56 Å². The fourth-order valence-corrected chi connectivity index (χ4v) is 8.46. The van der Waals surface area contributed by atoms with Gasteiger partial charge in [0.05, 0.1) is 33.5 Å². The monoisotopic (exact) mass is 762 g/mol. The van der Waals surface area contributed by atoms with Gasteiger partial charge in [0.15, 0.2) is 16.1 Å². The average molecular weight is 763 g/mol. The molecule has 0 aromatic carbocycles. The Hall–Kier alpha value is -4.64. The maximum atomic E-state index is 14.5. The van der Waals surface area contributed by atoms with E-state index in [0.29, 0.717) is 34.5 Å². The van der Waals surface area contributed by atoms with E-state index >= 15 is 0 Å². The number of Topliss-reactive ketones (excluding diaryl/α,β-unsaturated/α-hetero) is 1. The third-order valence-electron chi connectivity index (χ3n) is 9.45. The number of ether oxygens (including phenoxy) is 1. The van der Waals surface area contributed by atoms with Crippen LogP contribution in [0.15, 0.2) is 80.2 Å². The van der Waals surface area contributed by atoms with Crippen molar-refractivity contribution in [3.63, 3.8) is 0 Å². The van der Waals surface area contributed by atoms with Crippen molar-refractivity contribution in [2.24, 2.45) is 11.3 Å². The molecule has 15 nitrogen and oxygen atoms in total. The zero-order valence-electron chi connectivity index (χ0n) is 29.7. The van der Waals surface area contributed by atoms with Crippen LogP contribution in [0.3, 0.4) is 0 Å². The molecule has 3 aromatic heterocycles. The van der Waals surface area contributed by atoms with Crippen molar-refractivity contribution in [3.8, 4) is 0 Å². The summed E-state index contributed by atoms with van der Waals surface area (Å²) >= 11 is 2.20. The number of aliphatic carboxylic acids is 1. The third kappa shape index (κ3) is 9.12. The highest BCUT2D eigenvalue weighted by molar-refractivity contribution is 8.02. The maximum Gasteiger partial charge on any atom is 0.408 e. The van der Waals surface area contributed by atoms with Crippen LogP contribution in [0.4, 0.5) is 4.79 Å². The standard InChI is InChI=1S/C36H42N8O7S2/c1-35(2,3)51-34(50)42-24-12-8-6-4-5-7-11-22-18-36(22,31(48)49)19-26(45)25-17-23(21-43(25)29(24)46)44-30(47)28(53-33-39-15-10-16-40-33)27(20-41-44)52-32-37-13-9-14-38-32/h7,9-11,13-16,20,22-25H,4-6,8,12,17-19,21H2,1-3H3,(H,42,50)(H,48,49)/b11-7-/t22-,23-,24+,25+,36-/m1/s1. The number of alkyl carbamates (subject to hydrolysis) is 1. The summed E-state index contributed by atoms with van der Waals surface area (Å²) in [5, 5.41) is 18.3. The molecule has 0 radical (unpaired) electrons. The first kappa shape index (κ1) is 38.1. The van der Waals surface area contributed by atoms with Crippen molar-refractivity contribution in [2.75, 3.05) is 6.54 Å². The van der Waals surface area contributed by atoms with E-state index in [1.165, 1.54) is 15.8 Å². The average Bonchev–Trinajstić information content (AvgIpc) is 3.63. The van der Waals surface area contributed by atoms with Gasteiger partial charge in [-0.15, -0.1) is 0 Å². The largest absolute Gasteiger partial charge is 0.481 e. The van der Waals surface area contributed by atoms with Crippen LogP contribution in [0.25, 0.3) is 0 Å². The normalized spacial score (nSPS) is 25.7. The number of fused-ring (bicyclic) bond motifs is 2. The minimum atomic E-state index is -1.26. The molecule has 280 valence electrons. The number of rotatable bonds is 7. The molecule has 1 aliphatic carbocycles. The second-order valence-corrected chi connectivity index (χ2v) is 16.4. The number of hydrogen-bond acceptors (Lipinski definition) is 13. The lowest BCUT2D eigenvalue weighted by Gasteiger charge is -2.30. The molecular weight excluding hydrogens is 721 g/mol. The van der Waals surface area contributed by atoms with E-state index in [2.05, 4.69) is 30.4 Å². The first-order chi connectivity index (χ1) is 25.3. The van der Waals surface area contributed by atoms with Crippen molar-refractivity contribution in [3.05, 3.63) is 65.6 Å². The van der Waals surface area contributed by atoms with Crippen LogP contribution in [0.5, 0.6) is 0 Å². The number of carbonyl (C=O) groups excluding carboxylic acids is 3. The third-order valence-corrected chi connectivity index (χ3v) is 11.5. The Morgan fingerprint density at radius 3 is 2.32 bits per heavy atom. The second kappa shape index (κ2) is 16.2. The Bertz CT molecular complexity index is 1920. The minimum absolute atomic E-state index is 0.0209. The van der Waals surface area contributed by atoms with Gasteiger partial charge in [0.2, 0.25) is 5.91 Å². The minimum Gasteiger partial charge on any atom is -0.481 e. The molecule has 53 heavy (non-hydrogen) atoms. The van der Waals surface area contributed by atoms with Crippen molar-refractivity contribution >= 4 is 47.3 Å². The lowest BCUT2D eigenvalue weighted by atomic mass is 9.91. The summed E-state index contributed by atoms with van der Waals surface area (Å²) in [7, 11) is 0. The van der Waals surface area contributed by atoms with E-state index in [0.717, 1.165) is 42.8 Å². The Morgan fingerprint density at radius 2 is 1.66 bits per heavy atom. The summed E-state index contributed by atoms with van der Waals surface area (Å²) in [6, 6.07) is 0.517. The van der Waals surface area contributed by atoms with Gasteiger partial charge in [-0.25, -0.2) is 29.4 Å². The van der Waals surface area contributed by atoms with Gasteiger partial charge in [-0.3, -0.25) is 19.2 Å². The molecule has 2 aliphatic heterocycles. The van der Waals surface area contributed by atoms with E-state index in [1.807, 2.05) is 12.2 Å². The summed E-state index contributed by atoms with van der Waals surface area (Å²) in [5.41, 5.74) is -2.57. The summed E-state index contributed by atoms with van der Waals surface area (Å²) in [6.45, 7) is 5.09. The SMILES string of the molecule is CC(C)(C)OC(=O)N[C@H]1CCCCC/C=C\[C@@H]2C[C@@]2(C(=O)O)CC(=O)[C@@H]2C[C@@H](n3ncc(Sc4ncccn4)c(Sc4ncccn4)c3=O)CN2C1=O. The number of amides is 2. The number of hydrogen-bond donors (Lipinski definition) is 2. The molecule has 1 saturated carbocycles. The number of ketones is 1. The molecule has 1 saturated heterocycles. The summed E-state index contributed by atoms with van der Waals surface area (Å²) in [4.78, 5) is 87.8. The molecule has 2 N–H and O–H groups in total. The summed E-state index contributed by atoms with van der Waals surface area (Å²) in [5.74, 6) is -2.27. The van der Waals surface area contributed by atoms with Gasteiger partial charge < -0.3 is 20.1 Å². The fourth-order valence-electron chi connectivity index (χ4n) is 6.76. The maximum absolute atomic E-state index is 14.5. The highest BCUT2D eigenvalue weighted by atomic mass is 32.2. The fraction of sp³-hybridized carbons (Fsp3) is 0.500. The number of aromatic nitrogens is 6. The number of carbonyl (C=O) groups is 4. The van der Waals surface area contributed by atoms with Crippen LogP contribution in [0.1, 0.15) is 78.2 Å². The first-order valence-electron chi connectivity index (χ1n) is 17.6. The number of carboxylic acid groups (broad SMARTS) is 1. The predicted octanol–water partition coefficient (Wildman–Crippen LogP) is 4.73. The Balaban J connectivity index is 1.36. The zero-order chi connectivity index (χ0) is 37.8. The lowest BCUT2D eigenvalue weighted by Crippen LogP contribution is -2.52. The van der Waals surface area contributed by atoms with E-state index in [-0.39, 0.29) is 30.2 Å². The van der Waals surface area contributed by atoms with Crippen molar-refractivity contribution in [1.29, 1.82) is 0 Å². The molecule has 5 atom stereocenters. The van der Waals surface area contributed by atoms with Gasteiger partial charge in [0.1, 0.15) is 11.6 Å².